The Morgan fingerprint density at radius 1 is 1.12 bits per heavy atom. The Morgan fingerprint density at radius 2 is 1.96 bits per heavy atom. The number of pyridine rings is 1. The van der Waals surface area contributed by atoms with Gasteiger partial charge in [0, 0.05) is 29.4 Å². The Bertz CT molecular complexity index is 1070. The maximum absolute atomic E-state index is 12.1. The summed E-state index contributed by atoms with van der Waals surface area (Å²) in [6.45, 7) is 2.03. The van der Waals surface area contributed by atoms with Gasteiger partial charge in [-0.25, -0.2) is 9.97 Å². The molecule has 0 bridgehead atoms. The highest BCUT2D eigenvalue weighted by atomic mass is 16.1. The third kappa shape index (κ3) is 3.01. The zero-order valence-electron chi connectivity index (χ0n) is 13.7. The summed E-state index contributed by atoms with van der Waals surface area (Å²) >= 11 is 0. The molecule has 1 atom stereocenters. The second kappa shape index (κ2) is 6.24. The standard InChI is InChI=1S/C19H17N5O/c1-12(13-6-3-2-4-7-13)22-19-23-16(10-17(25)24-19)15-11-21-18-14(15)8-5-9-20-18/h2-12H,1H3,(H,20,21)(H2,22,23,24,25)/t12-/m0/s1. The molecule has 0 spiro atoms. The van der Waals surface area contributed by atoms with Crippen LogP contribution in [0.2, 0.25) is 0 Å². The zero-order valence-corrected chi connectivity index (χ0v) is 13.7. The Kier molecular flexibility index (Phi) is 3.78. The van der Waals surface area contributed by atoms with Crippen LogP contribution in [0.15, 0.2) is 65.7 Å². The summed E-state index contributed by atoms with van der Waals surface area (Å²) < 4.78 is 0. The number of benzene rings is 1. The van der Waals surface area contributed by atoms with Gasteiger partial charge < -0.3 is 10.3 Å². The van der Waals surface area contributed by atoms with Crippen molar-refractivity contribution in [2.75, 3.05) is 5.32 Å². The lowest BCUT2D eigenvalue weighted by Gasteiger charge is -2.15. The quantitative estimate of drug-likeness (QED) is 0.534. The first kappa shape index (κ1) is 15.1. The number of hydrogen-bond donors (Lipinski definition) is 3. The van der Waals surface area contributed by atoms with Gasteiger partial charge in [0.2, 0.25) is 5.95 Å². The van der Waals surface area contributed by atoms with Gasteiger partial charge in [-0.05, 0) is 24.6 Å². The van der Waals surface area contributed by atoms with E-state index in [0.717, 1.165) is 22.2 Å². The molecule has 0 aliphatic carbocycles. The van der Waals surface area contributed by atoms with Crippen LogP contribution in [0.1, 0.15) is 18.5 Å². The van der Waals surface area contributed by atoms with Crippen LogP contribution in [-0.2, 0) is 0 Å². The summed E-state index contributed by atoms with van der Waals surface area (Å²) in [4.78, 5) is 26.8. The SMILES string of the molecule is C[C@H](Nc1nc(-c2c[nH]c3ncccc23)cc(=O)[nH]1)c1ccccc1. The predicted molar refractivity (Wildman–Crippen MR) is 98.4 cm³/mol. The fraction of sp³-hybridized carbons (Fsp3) is 0.105. The minimum absolute atomic E-state index is 0.0178. The number of rotatable bonds is 4. The molecule has 6 nitrogen and oxygen atoms in total. The number of hydrogen-bond acceptors (Lipinski definition) is 4. The second-order valence-corrected chi connectivity index (χ2v) is 5.86. The lowest BCUT2D eigenvalue weighted by molar-refractivity contribution is 0.858. The predicted octanol–water partition coefficient (Wildman–Crippen LogP) is 3.49. The van der Waals surface area contributed by atoms with Crippen LogP contribution < -0.4 is 10.9 Å². The summed E-state index contributed by atoms with van der Waals surface area (Å²) in [5.74, 6) is 0.442. The maximum Gasteiger partial charge on any atom is 0.252 e. The fourth-order valence-electron chi connectivity index (χ4n) is 2.86. The maximum atomic E-state index is 12.1. The largest absolute Gasteiger partial charge is 0.349 e. The van der Waals surface area contributed by atoms with Crippen molar-refractivity contribution in [3.05, 3.63) is 76.8 Å². The Hall–Kier alpha value is -3.41. The fourth-order valence-corrected chi connectivity index (χ4v) is 2.86. The van der Waals surface area contributed by atoms with Gasteiger partial charge in [0.05, 0.1) is 11.7 Å². The van der Waals surface area contributed by atoms with Gasteiger partial charge in [-0.15, -0.1) is 0 Å². The van der Waals surface area contributed by atoms with Gasteiger partial charge in [0.25, 0.3) is 5.56 Å². The molecule has 0 aliphatic rings. The molecular weight excluding hydrogens is 314 g/mol. The molecular formula is C19H17N5O. The Labute approximate surface area is 144 Å². The molecule has 6 heteroatoms. The Morgan fingerprint density at radius 3 is 2.80 bits per heavy atom. The van der Waals surface area contributed by atoms with Crippen LogP contribution >= 0.6 is 0 Å². The van der Waals surface area contributed by atoms with Crippen molar-refractivity contribution in [3.8, 4) is 11.3 Å². The molecule has 0 saturated carbocycles. The number of fused-ring (bicyclic) bond motifs is 1. The van der Waals surface area contributed by atoms with Gasteiger partial charge in [-0.2, -0.15) is 0 Å². The molecule has 4 aromatic rings. The monoisotopic (exact) mass is 331 g/mol. The lowest BCUT2D eigenvalue weighted by Crippen LogP contribution is -2.15. The first-order valence-corrected chi connectivity index (χ1v) is 8.06. The summed E-state index contributed by atoms with van der Waals surface area (Å²) in [6.07, 6.45) is 3.55. The molecule has 3 N–H and O–H groups in total. The summed E-state index contributed by atoms with van der Waals surface area (Å²) in [6, 6.07) is 15.3. The summed E-state index contributed by atoms with van der Waals surface area (Å²) in [5.41, 5.74) is 3.14. The topological polar surface area (TPSA) is 86.5 Å². The van der Waals surface area contributed by atoms with Crippen LogP contribution in [0.3, 0.4) is 0 Å². The minimum atomic E-state index is -0.203. The lowest BCUT2D eigenvalue weighted by atomic mass is 10.1. The third-order valence-electron chi connectivity index (χ3n) is 4.12. The van der Waals surface area contributed by atoms with Crippen LogP contribution in [0.5, 0.6) is 0 Å². The molecule has 0 saturated heterocycles. The van der Waals surface area contributed by atoms with E-state index in [9.17, 15) is 4.79 Å². The number of aromatic nitrogens is 4. The van der Waals surface area contributed by atoms with Crippen molar-refractivity contribution in [1.82, 2.24) is 19.9 Å². The molecule has 3 aromatic heterocycles. The van der Waals surface area contributed by atoms with E-state index >= 15 is 0 Å². The minimum Gasteiger partial charge on any atom is -0.349 e. The second-order valence-electron chi connectivity index (χ2n) is 5.86. The molecule has 4 rings (SSSR count). The summed E-state index contributed by atoms with van der Waals surface area (Å²) in [7, 11) is 0. The smallest absolute Gasteiger partial charge is 0.252 e. The highest BCUT2D eigenvalue weighted by molar-refractivity contribution is 5.92. The van der Waals surface area contributed by atoms with Crippen molar-refractivity contribution >= 4 is 17.0 Å². The van der Waals surface area contributed by atoms with E-state index in [4.69, 9.17) is 0 Å². The van der Waals surface area contributed by atoms with E-state index in [1.807, 2.05) is 55.6 Å². The van der Waals surface area contributed by atoms with Gasteiger partial charge in [-0.1, -0.05) is 30.3 Å². The molecule has 0 fully saturated rings. The van der Waals surface area contributed by atoms with Crippen LogP contribution in [0.25, 0.3) is 22.3 Å². The van der Waals surface area contributed by atoms with Gasteiger partial charge >= 0.3 is 0 Å². The summed E-state index contributed by atoms with van der Waals surface area (Å²) in [5, 5.41) is 4.19. The van der Waals surface area contributed by atoms with Crippen molar-refractivity contribution in [2.45, 2.75) is 13.0 Å². The molecule has 25 heavy (non-hydrogen) atoms. The number of anilines is 1. The molecule has 0 amide bonds. The highest BCUT2D eigenvalue weighted by Crippen LogP contribution is 2.26. The van der Waals surface area contributed by atoms with E-state index in [1.54, 1.807) is 6.20 Å². The van der Waals surface area contributed by atoms with E-state index in [2.05, 4.69) is 25.3 Å². The van der Waals surface area contributed by atoms with Crippen molar-refractivity contribution in [2.24, 2.45) is 0 Å². The van der Waals surface area contributed by atoms with Gasteiger partial charge in [-0.3, -0.25) is 9.78 Å². The number of H-pyrrole nitrogens is 2. The third-order valence-corrected chi connectivity index (χ3v) is 4.12. The average molecular weight is 331 g/mol. The van der Waals surface area contributed by atoms with Gasteiger partial charge in [0.1, 0.15) is 5.65 Å². The van der Waals surface area contributed by atoms with Crippen LogP contribution in [-0.4, -0.2) is 19.9 Å². The number of nitrogens with one attached hydrogen (secondary N) is 3. The van der Waals surface area contributed by atoms with Crippen molar-refractivity contribution in [1.29, 1.82) is 0 Å². The van der Waals surface area contributed by atoms with Crippen LogP contribution in [0.4, 0.5) is 5.95 Å². The number of nitrogens with zero attached hydrogens (tertiary/aromatic N) is 2. The van der Waals surface area contributed by atoms with E-state index < -0.39 is 0 Å². The highest BCUT2D eigenvalue weighted by Gasteiger charge is 2.12. The average Bonchev–Trinajstić information content (AvgIpc) is 3.06. The van der Waals surface area contributed by atoms with Crippen molar-refractivity contribution in [3.63, 3.8) is 0 Å². The Balaban J connectivity index is 1.71. The van der Waals surface area contributed by atoms with Crippen molar-refractivity contribution < 1.29 is 0 Å². The molecule has 124 valence electrons. The first-order chi connectivity index (χ1) is 12.2. The van der Waals surface area contributed by atoms with E-state index in [1.165, 1.54) is 6.07 Å². The molecule has 1 aromatic carbocycles. The normalized spacial score (nSPS) is 12.2. The number of aromatic amines is 2. The molecule has 0 radical (unpaired) electrons. The zero-order chi connectivity index (χ0) is 17.2. The van der Waals surface area contributed by atoms with Gasteiger partial charge in [0.15, 0.2) is 0 Å². The van der Waals surface area contributed by atoms with E-state index in [0.29, 0.717) is 11.6 Å². The molecule has 0 unspecified atom stereocenters. The van der Waals surface area contributed by atoms with E-state index in [-0.39, 0.29) is 11.6 Å². The first-order valence-electron chi connectivity index (χ1n) is 8.06. The molecule has 3 heterocycles. The van der Waals surface area contributed by atoms with Crippen LogP contribution in [0, 0.1) is 0 Å². The molecule has 0 aliphatic heterocycles.